The van der Waals surface area contributed by atoms with Crippen molar-refractivity contribution in [1.82, 2.24) is 10.3 Å². The van der Waals surface area contributed by atoms with E-state index in [0.29, 0.717) is 12.0 Å². The number of nitrogens with one attached hydrogen (secondary N) is 1. The number of thiocarbonyl (C=S) groups is 1. The highest BCUT2D eigenvalue weighted by atomic mass is 32.1. The molecule has 1 unspecified atom stereocenters. The number of allylic oxidation sites excluding steroid dienone is 5. The lowest BCUT2D eigenvalue weighted by Gasteiger charge is -2.27. The van der Waals surface area contributed by atoms with Gasteiger partial charge in [-0.05, 0) is 90.1 Å². The molecule has 0 radical (unpaired) electrons. The molecule has 1 N–H and O–H groups in total. The maximum atomic E-state index is 5.98. The molecule has 0 aliphatic heterocycles. The predicted molar refractivity (Wildman–Crippen MR) is 163 cm³/mol. The van der Waals surface area contributed by atoms with E-state index in [0.717, 1.165) is 41.9 Å². The molecule has 36 heavy (non-hydrogen) atoms. The molecule has 2 aliphatic carbocycles. The summed E-state index contributed by atoms with van der Waals surface area (Å²) >= 11 is 5.98. The summed E-state index contributed by atoms with van der Waals surface area (Å²) in [5, 5.41) is 5.03. The molecule has 0 saturated carbocycles. The van der Waals surface area contributed by atoms with Crippen molar-refractivity contribution in [2.45, 2.75) is 107 Å². The van der Waals surface area contributed by atoms with Gasteiger partial charge in [-0.15, -0.1) is 0 Å². The fourth-order valence-electron chi connectivity index (χ4n) is 5.56. The Morgan fingerprint density at radius 1 is 1.06 bits per heavy atom. The highest BCUT2D eigenvalue weighted by Gasteiger charge is 2.26. The molecule has 2 aromatic rings. The standard InChI is InChI=1S/C31H40N2S.C2H6/c1-8-24-26(20(7)18(3)4)14-23(16-30(24)34)31-25(9-2)28(17-32-19(5)6)27-13-21-11-10-12-22(21)15-29(27)33-31;1-2/h13-15,19-20,32H,3,8-12,16-17H2,1-2,4-7H3;1-2H3. The minimum absolute atomic E-state index is 0.291. The van der Waals surface area contributed by atoms with Gasteiger partial charge in [-0.2, -0.15) is 0 Å². The van der Waals surface area contributed by atoms with Crippen LogP contribution < -0.4 is 5.32 Å². The molecule has 0 spiro atoms. The van der Waals surface area contributed by atoms with Crippen molar-refractivity contribution in [1.29, 1.82) is 0 Å². The maximum absolute atomic E-state index is 5.98. The van der Waals surface area contributed by atoms with Crippen LogP contribution in [-0.4, -0.2) is 15.9 Å². The molecular weight excluding hydrogens is 456 g/mol. The second-order valence-electron chi connectivity index (χ2n) is 10.4. The molecule has 194 valence electrons. The lowest BCUT2D eigenvalue weighted by atomic mass is 9.80. The largest absolute Gasteiger partial charge is 0.310 e. The van der Waals surface area contributed by atoms with E-state index in [4.69, 9.17) is 17.2 Å². The van der Waals surface area contributed by atoms with Crippen molar-refractivity contribution in [2.24, 2.45) is 5.92 Å². The van der Waals surface area contributed by atoms with E-state index in [1.54, 1.807) is 0 Å². The zero-order valence-electron chi connectivity index (χ0n) is 23.9. The number of aromatic nitrogens is 1. The van der Waals surface area contributed by atoms with Gasteiger partial charge in [-0.25, -0.2) is 4.98 Å². The van der Waals surface area contributed by atoms with Crippen LogP contribution in [0, 0.1) is 5.92 Å². The molecule has 1 heterocycles. The van der Waals surface area contributed by atoms with Crippen LogP contribution in [0.25, 0.3) is 16.5 Å². The van der Waals surface area contributed by atoms with E-state index in [2.05, 4.69) is 71.6 Å². The molecule has 2 aliphatic rings. The van der Waals surface area contributed by atoms with Gasteiger partial charge in [-0.1, -0.05) is 78.9 Å². The van der Waals surface area contributed by atoms with Gasteiger partial charge in [0.1, 0.15) is 0 Å². The minimum atomic E-state index is 0.291. The highest BCUT2D eigenvalue weighted by molar-refractivity contribution is 7.80. The molecule has 0 bridgehead atoms. The first-order valence-electron chi connectivity index (χ1n) is 14.1. The topological polar surface area (TPSA) is 24.9 Å². The Kier molecular flexibility index (Phi) is 9.83. The third kappa shape index (κ3) is 5.73. The summed E-state index contributed by atoms with van der Waals surface area (Å²) in [5.41, 5.74) is 13.2. The second-order valence-corrected chi connectivity index (χ2v) is 10.9. The summed E-state index contributed by atoms with van der Waals surface area (Å²) < 4.78 is 0. The Bertz CT molecular complexity index is 1210. The lowest BCUT2D eigenvalue weighted by molar-refractivity contribution is 0.588. The summed E-state index contributed by atoms with van der Waals surface area (Å²) in [6.45, 7) is 22.4. The van der Waals surface area contributed by atoms with Crippen molar-refractivity contribution in [3.8, 4) is 0 Å². The van der Waals surface area contributed by atoms with Crippen LogP contribution in [0.2, 0.25) is 0 Å². The number of hydrogen-bond acceptors (Lipinski definition) is 3. The van der Waals surface area contributed by atoms with Crippen LogP contribution >= 0.6 is 12.2 Å². The predicted octanol–water partition coefficient (Wildman–Crippen LogP) is 8.89. The molecule has 4 rings (SSSR count). The van der Waals surface area contributed by atoms with Gasteiger partial charge in [0.25, 0.3) is 0 Å². The fourth-order valence-corrected chi connectivity index (χ4v) is 5.98. The molecule has 0 fully saturated rings. The van der Waals surface area contributed by atoms with Crippen LogP contribution in [0.15, 0.2) is 41.5 Å². The van der Waals surface area contributed by atoms with Crippen LogP contribution in [0.5, 0.6) is 0 Å². The molecule has 1 aromatic heterocycles. The number of rotatable bonds is 8. The third-order valence-corrected chi connectivity index (χ3v) is 8.08. The Balaban J connectivity index is 0.00000176. The zero-order chi connectivity index (χ0) is 26.6. The van der Waals surface area contributed by atoms with Gasteiger partial charge in [-0.3, -0.25) is 0 Å². The van der Waals surface area contributed by atoms with Gasteiger partial charge >= 0.3 is 0 Å². The molecule has 3 heteroatoms. The zero-order valence-corrected chi connectivity index (χ0v) is 24.7. The van der Waals surface area contributed by atoms with Gasteiger partial charge in [0.2, 0.25) is 0 Å². The summed E-state index contributed by atoms with van der Waals surface area (Å²) in [6, 6.07) is 5.24. The summed E-state index contributed by atoms with van der Waals surface area (Å²) in [5.74, 6) is 0.291. The van der Waals surface area contributed by atoms with Crippen molar-refractivity contribution >= 4 is 33.6 Å². The first-order valence-corrected chi connectivity index (χ1v) is 14.5. The second kappa shape index (κ2) is 12.4. The van der Waals surface area contributed by atoms with Gasteiger partial charge < -0.3 is 5.32 Å². The normalized spacial score (nSPS) is 16.1. The molecule has 0 saturated heterocycles. The van der Waals surface area contributed by atoms with Crippen LogP contribution in [-0.2, 0) is 25.8 Å². The van der Waals surface area contributed by atoms with E-state index in [9.17, 15) is 0 Å². The van der Waals surface area contributed by atoms with Crippen LogP contribution in [0.4, 0.5) is 0 Å². The Morgan fingerprint density at radius 2 is 1.72 bits per heavy atom. The minimum Gasteiger partial charge on any atom is -0.310 e. The Morgan fingerprint density at radius 3 is 2.31 bits per heavy atom. The average molecular weight is 503 g/mol. The van der Waals surface area contributed by atoms with Crippen molar-refractivity contribution in [2.75, 3.05) is 0 Å². The summed E-state index contributed by atoms with van der Waals surface area (Å²) in [6.07, 6.45) is 8.75. The van der Waals surface area contributed by atoms with Crippen LogP contribution in [0.1, 0.15) is 103 Å². The Hall–Kier alpha value is -2.10. The number of hydrogen-bond donors (Lipinski definition) is 1. The SMILES string of the molecule is C=C(C)C(C)C1=C(CC)C(=S)CC(c2nc3cc4c(cc3c(CNC(C)C)c2CC)CCC4)=C1.CC. The quantitative estimate of drug-likeness (QED) is 0.288. The highest BCUT2D eigenvalue weighted by Crippen LogP contribution is 2.39. The number of nitrogens with zero attached hydrogens (tertiary/aromatic N) is 1. The first-order chi connectivity index (χ1) is 17.2. The monoisotopic (exact) mass is 502 g/mol. The van der Waals surface area contributed by atoms with E-state index in [1.165, 1.54) is 69.2 Å². The third-order valence-electron chi connectivity index (χ3n) is 7.69. The van der Waals surface area contributed by atoms with Gasteiger partial charge in [0, 0.05) is 35.2 Å². The van der Waals surface area contributed by atoms with Gasteiger partial charge in [0.15, 0.2) is 0 Å². The van der Waals surface area contributed by atoms with Crippen LogP contribution in [0.3, 0.4) is 0 Å². The molecular formula is C33H46N2S. The average Bonchev–Trinajstić information content (AvgIpc) is 3.32. The summed E-state index contributed by atoms with van der Waals surface area (Å²) in [7, 11) is 0. The molecule has 1 aromatic carbocycles. The number of pyridine rings is 1. The van der Waals surface area contributed by atoms with Crippen molar-refractivity contribution < 1.29 is 0 Å². The van der Waals surface area contributed by atoms with E-state index < -0.39 is 0 Å². The maximum Gasteiger partial charge on any atom is 0.0715 e. The van der Waals surface area contributed by atoms with E-state index >= 15 is 0 Å². The first kappa shape index (κ1) is 28.5. The van der Waals surface area contributed by atoms with E-state index in [-0.39, 0.29) is 0 Å². The summed E-state index contributed by atoms with van der Waals surface area (Å²) in [4.78, 5) is 6.43. The van der Waals surface area contributed by atoms with E-state index in [1.807, 2.05) is 13.8 Å². The van der Waals surface area contributed by atoms with Gasteiger partial charge in [0.05, 0.1) is 11.2 Å². The number of aryl methyl sites for hydroxylation is 2. The smallest absolute Gasteiger partial charge is 0.0715 e. The van der Waals surface area contributed by atoms with Crippen molar-refractivity contribution in [3.63, 3.8) is 0 Å². The molecule has 1 atom stereocenters. The lowest BCUT2D eigenvalue weighted by Crippen LogP contribution is -2.23. The number of benzene rings is 1. The Labute approximate surface area is 225 Å². The molecule has 0 amide bonds. The fraction of sp³-hybridized carbons (Fsp3) is 0.515. The number of fused-ring (bicyclic) bond motifs is 2. The van der Waals surface area contributed by atoms with Crippen molar-refractivity contribution in [3.05, 3.63) is 69.5 Å². The molecule has 2 nitrogen and oxygen atoms in total.